The number of nitriles is 1. The molecule has 2 heterocycles. The third kappa shape index (κ3) is 3.40. The summed E-state index contributed by atoms with van der Waals surface area (Å²) in [6.07, 6.45) is 0.0703. The van der Waals surface area contributed by atoms with Gasteiger partial charge in [0.15, 0.2) is 17.2 Å². The fourth-order valence-corrected chi connectivity index (χ4v) is 5.41. The number of nitrogens with zero attached hydrogens (tertiary/aromatic N) is 2. The van der Waals surface area contributed by atoms with Crippen LogP contribution < -0.4 is 14.2 Å². The molecular formula is C23H22N2O5S. The van der Waals surface area contributed by atoms with E-state index in [9.17, 15) is 15.2 Å². The lowest BCUT2D eigenvalue weighted by atomic mass is 9.85. The Morgan fingerprint density at radius 3 is 2.42 bits per heavy atom. The van der Waals surface area contributed by atoms with Crippen LogP contribution in [0.25, 0.3) is 0 Å². The Morgan fingerprint density at radius 2 is 1.81 bits per heavy atom. The largest absolute Gasteiger partial charge is 0.497 e. The van der Waals surface area contributed by atoms with Gasteiger partial charge >= 0.3 is 0 Å². The number of allylic oxidation sites excluding steroid dienone is 1. The lowest BCUT2D eigenvalue weighted by Gasteiger charge is -2.38. The quantitative estimate of drug-likeness (QED) is 0.765. The molecule has 1 fully saturated rings. The van der Waals surface area contributed by atoms with Gasteiger partial charge in [0.25, 0.3) is 0 Å². The molecule has 160 valence electrons. The van der Waals surface area contributed by atoms with Crippen molar-refractivity contribution in [2.45, 2.75) is 18.1 Å². The molecule has 0 aliphatic carbocycles. The second-order valence-electron chi connectivity index (χ2n) is 7.26. The number of hydrogen-bond donors (Lipinski definition) is 1. The summed E-state index contributed by atoms with van der Waals surface area (Å²) in [7, 11) is 4.66. The molecule has 4 rings (SSSR count). The van der Waals surface area contributed by atoms with Crippen LogP contribution in [0.5, 0.6) is 17.2 Å². The molecule has 2 atom stereocenters. The number of rotatable bonds is 5. The first kappa shape index (κ1) is 21.1. The van der Waals surface area contributed by atoms with Gasteiger partial charge in [0, 0.05) is 17.9 Å². The highest BCUT2D eigenvalue weighted by atomic mass is 32.2. The van der Waals surface area contributed by atoms with E-state index in [-0.39, 0.29) is 18.1 Å². The topological polar surface area (TPSA) is 92.0 Å². The molecule has 2 aromatic rings. The second-order valence-corrected chi connectivity index (χ2v) is 8.23. The van der Waals surface area contributed by atoms with Gasteiger partial charge in [0.2, 0.25) is 5.91 Å². The van der Waals surface area contributed by atoms with Crippen LogP contribution in [0.15, 0.2) is 53.1 Å². The average molecular weight is 439 g/mol. The fraction of sp³-hybridized carbons (Fsp3) is 0.304. The maximum atomic E-state index is 13.2. The Hall–Kier alpha value is -3.15. The summed E-state index contributed by atoms with van der Waals surface area (Å²) in [6.45, 7) is 0. The Morgan fingerprint density at radius 1 is 1.10 bits per heavy atom. The Kier molecular flexibility index (Phi) is 5.56. The van der Waals surface area contributed by atoms with Gasteiger partial charge in [-0.2, -0.15) is 5.26 Å². The molecule has 7 nitrogen and oxygen atoms in total. The van der Waals surface area contributed by atoms with Gasteiger partial charge in [0.05, 0.1) is 43.8 Å². The maximum absolute atomic E-state index is 13.2. The SMILES string of the molecule is COc1ccc([C@]2(O)CSC3=C(C#N)[C@H](c4ccc(OC)c(OC)c4)CC(=O)N32)cc1. The first-order valence-electron chi connectivity index (χ1n) is 9.65. The van der Waals surface area contributed by atoms with Crippen LogP contribution >= 0.6 is 11.8 Å². The summed E-state index contributed by atoms with van der Waals surface area (Å²) >= 11 is 1.32. The Bertz CT molecular complexity index is 1090. The van der Waals surface area contributed by atoms with Gasteiger partial charge in [-0.25, -0.2) is 0 Å². The number of benzene rings is 2. The molecule has 0 unspecified atom stereocenters. The maximum Gasteiger partial charge on any atom is 0.231 e. The molecule has 0 saturated carbocycles. The first-order chi connectivity index (χ1) is 15.0. The van der Waals surface area contributed by atoms with E-state index in [1.165, 1.54) is 16.7 Å². The van der Waals surface area contributed by atoms with E-state index in [1.807, 2.05) is 6.07 Å². The molecule has 0 bridgehead atoms. The molecule has 0 aromatic heterocycles. The molecule has 2 aliphatic heterocycles. The number of methoxy groups -OCH3 is 3. The third-order valence-corrected chi connectivity index (χ3v) is 6.90. The van der Waals surface area contributed by atoms with Crippen LogP contribution in [0, 0.1) is 11.3 Å². The lowest BCUT2D eigenvalue weighted by Crippen LogP contribution is -2.48. The van der Waals surface area contributed by atoms with Gasteiger partial charge < -0.3 is 19.3 Å². The van der Waals surface area contributed by atoms with E-state index in [0.29, 0.717) is 33.4 Å². The number of thioether (sulfide) groups is 1. The summed E-state index contributed by atoms with van der Waals surface area (Å²) < 4.78 is 15.9. The van der Waals surface area contributed by atoms with E-state index < -0.39 is 11.6 Å². The van der Waals surface area contributed by atoms with Crippen LogP contribution in [0.4, 0.5) is 0 Å². The monoisotopic (exact) mass is 438 g/mol. The van der Waals surface area contributed by atoms with E-state index >= 15 is 0 Å². The average Bonchev–Trinajstić information content (AvgIpc) is 3.17. The van der Waals surface area contributed by atoms with Crippen LogP contribution in [0.3, 0.4) is 0 Å². The summed E-state index contributed by atoms with van der Waals surface area (Å²) in [5, 5.41) is 22.0. The summed E-state index contributed by atoms with van der Waals surface area (Å²) in [4.78, 5) is 14.6. The van der Waals surface area contributed by atoms with Crippen molar-refractivity contribution in [3.05, 3.63) is 64.2 Å². The van der Waals surface area contributed by atoms with Crippen molar-refractivity contribution in [2.24, 2.45) is 0 Å². The minimum Gasteiger partial charge on any atom is -0.497 e. The molecule has 0 radical (unpaired) electrons. The zero-order valence-electron chi connectivity index (χ0n) is 17.4. The van der Waals surface area contributed by atoms with Gasteiger partial charge in [-0.05, 0) is 29.8 Å². The second kappa shape index (κ2) is 8.17. The van der Waals surface area contributed by atoms with Crippen molar-refractivity contribution in [2.75, 3.05) is 27.1 Å². The highest BCUT2D eigenvalue weighted by molar-refractivity contribution is 8.03. The van der Waals surface area contributed by atoms with Crippen LogP contribution in [-0.2, 0) is 10.5 Å². The molecule has 8 heteroatoms. The summed E-state index contributed by atoms with van der Waals surface area (Å²) in [6, 6.07) is 14.6. The molecule has 2 aromatic carbocycles. The number of hydrogen-bond acceptors (Lipinski definition) is 7. The van der Waals surface area contributed by atoms with Crippen molar-refractivity contribution in [3.8, 4) is 23.3 Å². The van der Waals surface area contributed by atoms with Crippen molar-refractivity contribution >= 4 is 17.7 Å². The molecule has 1 saturated heterocycles. The Balaban J connectivity index is 1.76. The number of aliphatic hydroxyl groups is 1. The van der Waals surface area contributed by atoms with Crippen LogP contribution in [0.1, 0.15) is 23.5 Å². The van der Waals surface area contributed by atoms with Gasteiger partial charge in [0.1, 0.15) is 5.75 Å². The number of carbonyl (C=O) groups excluding carboxylic acids is 1. The highest BCUT2D eigenvalue weighted by Crippen LogP contribution is 2.52. The first-order valence-corrected chi connectivity index (χ1v) is 10.6. The molecular weight excluding hydrogens is 416 g/mol. The van der Waals surface area contributed by atoms with Gasteiger partial charge in [-0.15, -0.1) is 11.8 Å². The minimum absolute atomic E-state index is 0.0703. The van der Waals surface area contributed by atoms with Crippen LogP contribution in [0.2, 0.25) is 0 Å². The predicted octanol–water partition coefficient (Wildman–Crippen LogP) is 3.36. The van der Waals surface area contributed by atoms with Crippen molar-refractivity contribution in [1.82, 2.24) is 4.90 Å². The van der Waals surface area contributed by atoms with E-state index in [2.05, 4.69) is 6.07 Å². The standard InChI is InChI=1S/C23H22N2O5S/c1-28-16-7-5-15(6-8-16)23(27)13-31-22-18(12-24)17(11-21(26)25(22)23)14-4-9-19(29-2)20(10-14)30-3/h4-10,17,27H,11,13H2,1-3H3/t17-,23+/m0/s1. The highest BCUT2D eigenvalue weighted by Gasteiger charge is 2.51. The van der Waals surface area contributed by atoms with Crippen molar-refractivity contribution in [3.63, 3.8) is 0 Å². The van der Waals surface area contributed by atoms with E-state index in [1.54, 1.807) is 57.7 Å². The zero-order chi connectivity index (χ0) is 22.2. The smallest absolute Gasteiger partial charge is 0.231 e. The molecule has 1 amide bonds. The van der Waals surface area contributed by atoms with E-state index in [4.69, 9.17) is 14.2 Å². The predicted molar refractivity (Wildman–Crippen MR) is 116 cm³/mol. The van der Waals surface area contributed by atoms with Crippen molar-refractivity contribution < 1.29 is 24.1 Å². The number of fused-ring (bicyclic) bond motifs is 1. The number of carbonyl (C=O) groups is 1. The normalized spacial score (nSPS) is 22.7. The minimum atomic E-state index is -1.52. The van der Waals surface area contributed by atoms with Gasteiger partial charge in [-0.1, -0.05) is 18.2 Å². The molecule has 0 spiro atoms. The number of amides is 1. The van der Waals surface area contributed by atoms with Gasteiger partial charge in [-0.3, -0.25) is 9.69 Å². The number of ether oxygens (including phenoxy) is 3. The Labute approximate surface area is 184 Å². The molecule has 1 N–H and O–H groups in total. The molecule has 2 aliphatic rings. The van der Waals surface area contributed by atoms with Crippen LogP contribution in [-0.4, -0.2) is 43.0 Å². The van der Waals surface area contributed by atoms with Crippen molar-refractivity contribution in [1.29, 1.82) is 5.26 Å². The summed E-state index contributed by atoms with van der Waals surface area (Å²) in [5.41, 5.74) is 0.302. The fourth-order valence-electron chi connectivity index (χ4n) is 4.05. The summed E-state index contributed by atoms with van der Waals surface area (Å²) in [5.74, 6) is 1.34. The molecule has 31 heavy (non-hydrogen) atoms. The lowest BCUT2D eigenvalue weighted by molar-refractivity contribution is -0.149. The zero-order valence-corrected chi connectivity index (χ0v) is 18.2. The van der Waals surface area contributed by atoms with E-state index in [0.717, 1.165) is 5.56 Å². The third-order valence-electron chi connectivity index (χ3n) is 5.67.